The number of aromatic hydroxyl groups is 1. The maximum absolute atomic E-state index is 13.3. The van der Waals surface area contributed by atoms with E-state index in [0.29, 0.717) is 16.5 Å². The lowest BCUT2D eigenvalue weighted by Crippen LogP contribution is -2.02. The maximum atomic E-state index is 13.3. The largest absolute Gasteiger partial charge is 0.508 e. The summed E-state index contributed by atoms with van der Waals surface area (Å²) in [5, 5.41) is 9.77. The van der Waals surface area contributed by atoms with Crippen molar-refractivity contribution in [3.8, 4) is 17.1 Å². The molecule has 5 heteroatoms. The number of benzene rings is 1. The van der Waals surface area contributed by atoms with E-state index >= 15 is 0 Å². The van der Waals surface area contributed by atoms with E-state index < -0.39 is 5.82 Å². The van der Waals surface area contributed by atoms with Crippen LogP contribution in [-0.2, 0) is 0 Å². The molecule has 100 valence electrons. The van der Waals surface area contributed by atoms with Gasteiger partial charge >= 0.3 is 0 Å². The molecule has 1 aromatic heterocycles. The molecule has 0 amide bonds. The molecule has 1 heterocycles. The molecular weight excluding hydrogens is 267 g/mol. The summed E-state index contributed by atoms with van der Waals surface area (Å²) in [6.45, 7) is 5.85. The van der Waals surface area contributed by atoms with Crippen molar-refractivity contribution in [1.29, 1.82) is 0 Å². The second kappa shape index (κ2) is 5.13. The van der Waals surface area contributed by atoms with E-state index in [0.717, 1.165) is 17.3 Å². The Labute approximate surface area is 116 Å². The third kappa shape index (κ3) is 2.84. The van der Waals surface area contributed by atoms with Crippen LogP contribution in [-0.4, -0.2) is 15.1 Å². The van der Waals surface area contributed by atoms with Gasteiger partial charge in [-0.2, -0.15) is 0 Å². The van der Waals surface area contributed by atoms with Crippen LogP contribution in [0, 0.1) is 12.7 Å². The third-order valence-electron chi connectivity index (χ3n) is 2.81. The quantitative estimate of drug-likeness (QED) is 0.843. The summed E-state index contributed by atoms with van der Waals surface area (Å²) in [4.78, 5) is 8.52. The molecule has 19 heavy (non-hydrogen) atoms. The van der Waals surface area contributed by atoms with Crippen molar-refractivity contribution in [2.45, 2.75) is 26.7 Å². The molecule has 0 fully saturated rings. The van der Waals surface area contributed by atoms with E-state index in [2.05, 4.69) is 9.97 Å². The van der Waals surface area contributed by atoms with E-state index in [1.165, 1.54) is 12.1 Å². The van der Waals surface area contributed by atoms with E-state index in [1.807, 2.05) is 20.8 Å². The number of aromatic nitrogens is 2. The first-order valence-electron chi connectivity index (χ1n) is 5.92. The highest BCUT2D eigenvalue weighted by Gasteiger charge is 2.14. The number of hydrogen-bond donors (Lipinski definition) is 1. The average molecular weight is 281 g/mol. The Kier molecular flexibility index (Phi) is 3.71. The Balaban J connectivity index is 2.58. The lowest BCUT2D eigenvalue weighted by atomic mass is 10.0. The van der Waals surface area contributed by atoms with Crippen molar-refractivity contribution in [3.63, 3.8) is 0 Å². The summed E-state index contributed by atoms with van der Waals surface area (Å²) in [5.74, 6) is -0.190. The molecule has 2 aromatic rings. The molecule has 0 radical (unpaired) electrons. The number of phenols is 1. The lowest BCUT2D eigenvalue weighted by molar-refractivity contribution is 0.469. The predicted molar refractivity (Wildman–Crippen MR) is 72.9 cm³/mol. The van der Waals surface area contributed by atoms with Crippen molar-refractivity contribution in [1.82, 2.24) is 9.97 Å². The van der Waals surface area contributed by atoms with Crippen LogP contribution in [0.1, 0.15) is 31.0 Å². The van der Waals surface area contributed by atoms with Crippen LogP contribution in [0.25, 0.3) is 11.4 Å². The van der Waals surface area contributed by atoms with Crippen LogP contribution in [0.15, 0.2) is 18.2 Å². The zero-order valence-electron chi connectivity index (χ0n) is 10.9. The topological polar surface area (TPSA) is 46.0 Å². The van der Waals surface area contributed by atoms with Crippen LogP contribution in [0.2, 0.25) is 5.15 Å². The van der Waals surface area contributed by atoms with Gasteiger partial charge in [-0.25, -0.2) is 14.4 Å². The van der Waals surface area contributed by atoms with Gasteiger partial charge in [0, 0.05) is 22.9 Å². The lowest BCUT2D eigenvalue weighted by Gasteiger charge is -2.12. The summed E-state index contributed by atoms with van der Waals surface area (Å²) in [7, 11) is 0. The van der Waals surface area contributed by atoms with Crippen LogP contribution in [0.4, 0.5) is 4.39 Å². The molecule has 2 rings (SSSR count). The molecule has 0 bridgehead atoms. The summed E-state index contributed by atoms with van der Waals surface area (Å²) in [6.07, 6.45) is 0. The monoisotopic (exact) mass is 280 g/mol. The van der Waals surface area contributed by atoms with Crippen molar-refractivity contribution in [2.75, 3.05) is 0 Å². The second-order valence-corrected chi connectivity index (χ2v) is 5.05. The van der Waals surface area contributed by atoms with Crippen LogP contribution < -0.4 is 0 Å². The molecule has 1 aromatic carbocycles. The fourth-order valence-electron chi connectivity index (χ4n) is 2.03. The van der Waals surface area contributed by atoms with E-state index in [9.17, 15) is 9.50 Å². The molecule has 0 aliphatic rings. The standard InChI is InChI=1S/C14H14ClFN2O/c1-7(2)12-8(3)17-14(18-13(12)15)9-4-10(16)6-11(19)5-9/h4-7,19H,1-3H3. The van der Waals surface area contributed by atoms with Crippen LogP contribution in [0.3, 0.4) is 0 Å². The van der Waals surface area contributed by atoms with Gasteiger partial charge in [-0.1, -0.05) is 25.4 Å². The van der Waals surface area contributed by atoms with Gasteiger partial charge in [0.1, 0.15) is 16.7 Å². The fraction of sp³-hybridized carbons (Fsp3) is 0.286. The zero-order chi connectivity index (χ0) is 14.2. The zero-order valence-corrected chi connectivity index (χ0v) is 11.7. The minimum Gasteiger partial charge on any atom is -0.508 e. The van der Waals surface area contributed by atoms with Gasteiger partial charge in [-0.05, 0) is 25.0 Å². The van der Waals surface area contributed by atoms with Crippen LogP contribution in [0.5, 0.6) is 5.75 Å². The summed E-state index contributed by atoms with van der Waals surface area (Å²) in [5.41, 5.74) is 2.04. The van der Waals surface area contributed by atoms with Crippen molar-refractivity contribution >= 4 is 11.6 Å². The summed E-state index contributed by atoms with van der Waals surface area (Å²) >= 11 is 6.15. The van der Waals surface area contributed by atoms with E-state index in [4.69, 9.17) is 11.6 Å². The first-order chi connectivity index (χ1) is 8.88. The Morgan fingerprint density at radius 2 is 1.89 bits per heavy atom. The third-order valence-corrected chi connectivity index (χ3v) is 3.10. The highest BCUT2D eigenvalue weighted by atomic mass is 35.5. The van der Waals surface area contributed by atoms with Gasteiger partial charge in [0.05, 0.1) is 0 Å². The highest BCUT2D eigenvalue weighted by molar-refractivity contribution is 6.30. The summed E-state index contributed by atoms with van der Waals surface area (Å²) < 4.78 is 13.3. The smallest absolute Gasteiger partial charge is 0.161 e. The highest BCUT2D eigenvalue weighted by Crippen LogP contribution is 2.29. The van der Waals surface area contributed by atoms with Gasteiger partial charge in [0.2, 0.25) is 0 Å². The number of aryl methyl sites for hydroxylation is 1. The van der Waals surface area contributed by atoms with Crippen LogP contribution >= 0.6 is 11.6 Å². The minimum atomic E-state index is -0.541. The molecule has 1 N–H and O–H groups in total. The molecule has 0 saturated heterocycles. The Morgan fingerprint density at radius 1 is 1.21 bits per heavy atom. The molecule has 0 spiro atoms. The van der Waals surface area contributed by atoms with E-state index in [1.54, 1.807) is 0 Å². The van der Waals surface area contributed by atoms with E-state index in [-0.39, 0.29) is 11.7 Å². The molecule has 0 atom stereocenters. The van der Waals surface area contributed by atoms with Crippen molar-refractivity contribution in [3.05, 3.63) is 40.4 Å². The predicted octanol–water partition coefficient (Wildman–Crippen LogP) is 4.07. The normalized spacial score (nSPS) is 11.1. The first-order valence-corrected chi connectivity index (χ1v) is 6.30. The Bertz CT molecular complexity index is 586. The second-order valence-electron chi connectivity index (χ2n) is 4.69. The molecule has 0 saturated carbocycles. The Morgan fingerprint density at radius 3 is 2.42 bits per heavy atom. The molecule has 0 aliphatic carbocycles. The minimum absolute atomic E-state index is 0.166. The van der Waals surface area contributed by atoms with Crippen molar-refractivity contribution in [2.24, 2.45) is 0 Å². The fourth-order valence-corrected chi connectivity index (χ4v) is 2.47. The molecule has 0 aliphatic heterocycles. The van der Waals surface area contributed by atoms with Gasteiger partial charge in [0.25, 0.3) is 0 Å². The molecule has 0 unspecified atom stereocenters. The van der Waals surface area contributed by atoms with Gasteiger partial charge in [-0.15, -0.1) is 0 Å². The maximum Gasteiger partial charge on any atom is 0.161 e. The van der Waals surface area contributed by atoms with Crippen molar-refractivity contribution < 1.29 is 9.50 Å². The molecular formula is C14H14ClFN2O. The number of halogens is 2. The number of phenolic OH excluding ortho intramolecular Hbond substituents is 1. The number of rotatable bonds is 2. The van der Waals surface area contributed by atoms with Gasteiger partial charge < -0.3 is 5.11 Å². The Hall–Kier alpha value is -1.68. The summed E-state index contributed by atoms with van der Waals surface area (Å²) in [6, 6.07) is 3.70. The van der Waals surface area contributed by atoms with Gasteiger partial charge in [0.15, 0.2) is 5.82 Å². The SMILES string of the molecule is Cc1nc(-c2cc(O)cc(F)c2)nc(Cl)c1C(C)C. The number of nitrogens with zero attached hydrogens (tertiary/aromatic N) is 2. The van der Waals surface area contributed by atoms with Gasteiger partial charge in [-0.3, -0.25) is 0 Å². The first kappa shape index (κ1) is 13.7. The average Bonchev–Trinajstić information content (AvgIpc) is 2.25. The number of hydrogen-bond acceptors (Lipinski definition) is 3. The molecule has 3 nitrogen and oxygen atoms in total.